The largest absolute Gasteiger partial charge is 0.506 e. The van der Waals surface area contributed by atoms with Gasteiger partial charge in [0.2, 0.25) is 11.8 Å². The van der Waals surface area contributed by atoms with Gasteiger partial charge in [0.1, 0.15) is 23.9 Å². The van der Waals surface area contributed by atoms with Crippen LogP contribution in [0.2, 0.25) is 0 Å². The van der Waals surface area contributed by atoms with Crippen molar-refractivity contribution in [3.05, 3.63) is 88.7 Å². The number of rotatable bonds is 7. The highest BCUT2D eigenvalue weighted by Crippen LogP contribution is 2.37. The number of nitrogens with one attached hydrogen (secondary N) is 2. The van der Waals surface area contributed by atoms with E-state index >= 15 is 0 Å². The van der Waals surface area contributed by atoms with Gasteiger partial charge in [-0.3, -0.25) is 19.4 Å². The number of phenolic OH excluding ortho intramolecular Hbond substituents is 1. The molecule has 5 rings (SSSR count). The monoisotopic (exact) mass is 540 g/mol. The minimum absolute atomic E-state index is 0.0869. The third-order valence-corrected chi connectivity index (χ3v) is 8.39. The highest BCUT2D eigenvalue weighted by Gasteiger charge is 2.51. The first kappa shape index (κ1) is 27.4. The molecule has 1 fully saturated rings. The van der Waals surface area contributed by atoms with Crippen LogP contribution in [0.25, 0.3) is 0 Å². The first-order chi connectivity index (χ1) is 19.2. The van der Waals surface area contributed by atoms with E-state index in [2.05, 4.69) is 27.8 Å². The van der Waals surface area contributed by atoms with E-state index in [9.17, 15) is 19.5 Å². The molecule has 208 valence electrons. The average molecular weight is 541 g/mol. The summed E-state index contributed by atoms with van der Waals surface area (Å²) in [5, 5.41) is 16.3. The number of aryl methyl sites for hydroxylation is 2. The van der Waals surface area contributed by atoms with Crippen molar-refractivity contribution in [2.24, 2.45) is 11.8 Å². The number of amides is 3. The molecule has 4 atom stereocenters. The van der Waals surface area contributed by atoms with Crippen molar-refractivity contribution in [3.63, 3.8) is 0 Å². The molecule has 0 bridgehead atoms. The second-order valence-electron chi connectivity index (χ2n) is 11.1. The molecule has 3 aromatic rings. The molecule has 2 heterocycles. The molecule has 1 aliphatic carbocycles. The van der Waals surface area contributed by atoms with E-state index in [1.807, 2.05) is 45.9 Å². The molecule has 8 heteroatoms. The van der Waals surface area contributed by atoms with Crippen molar-refractivity contribution in [3.8, 4) is 5.75 Å². The molecule has 0 saturated carbocycles. The van der Waals surface area contributed by atoms with Crippen molar-refractivity contribution in [2.45, 2.75) is 65.1 Å². The van der Waals surface area contributed by atoms with Gasteiger partial charge >= 0.3 is 0 Å². The van der Waals surface area contributed by atoms with E-state index in [-0.39, 0.29) is 35.1 Å². The maximum atomic E-state index is 14.5. The van der Waals surface area contributed by atoms with E-state index in [1.54, 1.807) is 24.4 Å². The summed E-state index contributed by atoms with van der Waals surface area (Å²) in [6, 6.07) is 13.7. The zero-order valence-electron chi connectivity index (χ0n) is 23.3. The number of hydrogen-bond donors (Lipinski definition) is 3. The number of phenols is 1. The Kier molecular flexibility index (Phi) is 7.61. The van der Waals surface area contributed by atoms with Crippen molar-refractivity contribution >= 4 is 23.4 Å². The Bertz CT molecular complexity index is 1430. The van der Waals surface area contributed by atoms with Gasteiger partial charge in [0.05, 0.1) is 5.69 Å². The Morgan fingerprint density at radius 3 is 2.38 bits per heavy atom. The standard InChI is InChI=1S/C32H36N4O4/c1-5-18(2)28-30(38)35-27(23-15-21-10-6-7-11-22(21)16-23)32(40)36(28)29(24-17-33-20(4)14-19(24)3)31(39)34-25-12-8-9-13-26(25)37/h6-14,17-18,23,27-29,37H,5,15-16H2,1-4H3,(H,34,39)(H,35,38)/t18-,27?,28?,29?/m0/s1. The van der Waals surface area contributed by atoms with Crippen LogP contribution < -0.4 is 10.6 Å². The highest BCUT2D eigenvalue weighted by molar-refractivity contribution is 6.03. The lowest BCUT2D eigenvalue weighted by Gasteiger charge is -2.46. The number of carbonyl (C=O) groups excluding carboxylic acids is 3. The number of para-hydroxylation sites is 2. The topological polar surface area (TPSA) is 112 Å². The van der Waals surface area contributed by atoms with Crippen LogP contribution in [0.5, 0.6) is 5.75 Å². The van der Waals surface area contributed by atoms with Gasteiger partial charge in [0.25, 0.3) is 5.91 Å². The summed E-state index contributed by atoms with van der Waals surface area (Å²) in [7, 11) is 0. The Morgan fingerprint density at radius 1 is 1.10 bits per heavy atom. The fourth-order valence-corrected chi connectivity index (χ4v) is 6.11. The van der Waals surface area contributed by atoms with Gasteiger partial charge in [-0.2, -0.15) is 0 Å². The molecule has 2 aromatic carbocycles. The molecule has 0 spiro atoms. The van der Waals surface area contributed by atoms with Gasteiger partial charge in [0.15, 0.2) is 0 Å². The Hall–Kier alpha value is -4.20. The number of pyridine rings is 1. The number of nitrogens with zero attached hydrogens (tertiary/aromatic N) is 2. The van der Waals surface area contributed by atoms with Gasteiger partial charge in [0, 0.05) is 17.5 Å². The molecule has 1 saturated heterocycles. The summed E-state index contributed by atoms with van der Waals surface area (Å²) in [6.07, 6.45) is 3.61. The second-order valence-corrected chi connectivity index (χ2v) is 11.1. The number of piperazine rings is 1. The molecule has 3 unspecified atom stereocenters. The smallest absolute Gasteiger partial charge is 0.252 e. The van der Waals surface area contributed by atoms with Crippen LogP contribution in [0.15, 0.2) is 60.8 Å². The first-order valence-electron chi connectivity index (χ1n) is 13.9. The van der Waals surface area contributed by atoms with E-state index in [4.69, 9.17) is 0 Å². The van der Waals surface area contributed by atoms with Crippen LogP contribution in [-0.4, -0.2) is 44.8 Å². The maximum Gasteiger partial charge on any atom is 0.252 e. The van der Waals surface area contributed by atoms with Crippen LogP contribution >= 0.6 is 0 Å². The average Bonchev–Trinajstić information content (AvgIpc) is 3.36. The number of fused-ring (bicyclic) bond motifs is 1. The third-order valence-electron chi connectivity index (χ3n) is 8.39. The summed E-state index contributed by atoms with van der Waals surface area (Å²) in [5.41, 5.74) is 4.70. The minimum Gasteiger partial charge on any atom is -0.506 e. The third kappa shape index (κ3) is 5.06. The van der Waals surface area contributed by atoms with Gasteiger partial charge in [-0.25, -0.2) is 0 Å². The molecule has 40 heavy (non-hydrogen) atoms. The van der Waals surface area contributed by atoms with E-state index < -0.39 is 24.0 Å². The van der Waals surface area contributed by atoms with Gasteiger partial charge in [-0.1, -0.05) is 56.7 Å². The van der Waals surface area contributed by atoms with Gasteiger partial charge < -0.3 is 20.6 Å². The summed E-state index contributed by atoms with van der Waals surface area (Å²) in [6.45, 7) is 7.63. The summed E-state index contributed by atoms with van der Waals surface area (Å²) in [4.78, 5) is 48.4. The minimum atomic E-state index is -1.13. The number of anilines is 1. The second kappa shape index (κ2) is 11.1. The molecule has 0 radical (unpaired) electrons. The molecule has 1 aliphatic heterocycles. The lowest BCUT2D eigenvalue weighted by atomic mass is 9.85. The quantitative estimate of drug-likeness (QED) is 0.388. The fourth-order valence-electron chi connectivity index (χ4n) is 6.11. The summed E-state index contributed by atoms with van der Waals surface area (Å²) in [5.74, 6) is -1.46. The maximum absolute atomic E-state index is 14.5. The van der Waals surface area contributed by atoms with Crippen LogP contribution in [-0.2, 0) is 27.2 Å². The number of hydrogen-bond acceptors (Lipinski definition) is 5. The van der Waals surface area contributed by atoms with Crippen LogP contribution in [0, 0.1) is 25.7 Å². The highest BCUT2D eigenvalue weighted by atomic mass is 16.3. The van der Waals surface area contributed by atoms with E-state index in [0.29, 0.717) is 24.8 Å². The predicted molar refractivity (Wildman–Crippen MR) is 153 cm³/mol. The lowest BCUT2D eigenvalue weighted by molar-refractivity contribution is -0.158. The van der Waals surface area contributed by atoms with Crippen LogP contribution in [0.3, 0.4) is 0 Å². The molecule has 8 nitrogen and oxygen atoms in total. The summed E-state index contributed by atoms with van der Waals surface area (Å²) < 4.78 is 0. The number of carbonyl (C=O) groups is 3. The van der Waals surface area contributed by atoms with Crippen molar-refractivity contribution in [1.29, 1.82) is 0 Å². The number of benzene rings is 2. The van der Waals surface area contributed by atoms with Gasteiger partial charge in [-0.05, 0) is 73.4 Å². The number of aromatic hydroxyl groups is 1. The Labute approximate surface area is 234 Å². The van der Waals surface area contributed by atoms with Crippen LogP contribution in [0.4, 0.5) is 5.69 Å². The molecule has 3 N–H and O–H groups in total. The molecular formula is C32H36N4O4. The SMILES string of the molecule is CC[C@H](C)C1C(=O)NC(C2Cc3ccccc3C2)C(=O)N1C(C(=O)Nc1ccccc1O)c1cnc(C)cc1C. The predicted octanol–water partition coefficient (Wildman–Crippen LogP) is 4.24. The van der Waals surface area contributed by atoms with Crippen molar-refractivity contribution in [1.82, 2.24) is 15.2 Å². The van der Waals surface area contributed by atoms with Crippen molar-refractivity contribution < 1.29 is 19.5 Å². The summed E-state index contributed by atoms with van der Waals surface area (Å²) >= 11 is 0. The van der Waals surface area contributed by atoms with Crippen LogP contribution in [0.1, 0.15) is 54.3 Å². The fraction of sp³-hybridized carbons (Fsp3) is 0.375. The van der Waals surface area contributed by atoms with Gasteiger partial charge in [-0.15, -0.1) is 0 Å². The van der Waals surface area contributed by atoms with E-state index in [1.165, 1.54) is 22.1 Å². The lowest BCUT2D eigenvalue weighted by Crippen LogP contribution is -2.68. The molecular weight excluding hydrogens is 504 g/mol. The Morgan fingerprint density at radius 2 is 1.75 bits per heavy atom. The Balaban J connectivity index is 1.60. The zero-order chi connectivity index (χ0) is 28.6. The normalized spacial score (nSPS) is 20.6. The first-order valence-corrected chi connectivity index (χ1v) is 13.9. The van der Waals surface area contributed by atoms with Crippen molar-refractivity contribution in [2.75, 3.05) is 5.32 Å². The molecule has 1 aromatic heterocycles. The molecule has 3 amide bonds. The molecule has 2 aliphatic rings. The van der Waals surface area contributed by atoms with E-state index in [0.717, 1.165) is 11.3 Å². The zero-order valence-corrected chi connectivity index (χ0v) is 23.3. The number of aromatic nitrogens is 1.